The summed E-state index contributed by atoms with van der Waals surface area (Å²) in [5, 5.41) is 8.58. The lowest BCUT2D eigenvalue weighted by Gasteiger charge is -2.16. The maximum Gasteiger partial charge on any atom is 0.305 e. The highest BCUT2D eigenvalue weighted by molar-refractivity contribution is 7.91. The third-order valence-electron chi connectivity index (χ3n) is 3.08. The lowest BCUT2D eigenvalue weighted by Crippen LogP contribution is -2.30. The van der Waals surface area contributed by atoms with Gasteiger partial charge in [-0.3, -0.25) is 9.59 Å². The van der Waals surface area contributed by atoms with Gasteiger partial charge in [0.1, 0.15) is 0 Å². The Kier molecular flexibility index (Phi) is 5.90. The molecule has 0 aliphatic carbocycles. The monoisotopic (exact) mass is 313 g/mol. The van der Waals surface area contributed by atoms with Crippen LogP contribution in [0.15, 0.2) is 29.2 Å². The van der Waals surface area contributed by atoms with E-state index in [2.05, 4.69) is 0 Å². The Morgan fingerprint density at radius 2 is 1.95 bits per heavy atom. The molecule has 1 aromatic rings. The predicted molar refractivity (Wildman–Crippen MR) is 77.8 cm³/mol. The van der Waals surface area contributed by atoms with Crippen LogP contribution in [0.4, 0.5) is 0 Å². The van der Waals surface area contributed by atoms with Gasteiger partial charge < -0.3 is 10.0 Å². The SMILES string of the molecule is CCS(=O)(=O)c1cccc(CC(=O)N(C)CCC(=O)O)c1. The molecule has 0 aliphatic rings. The standard InChI is InChI=1S/C14H19NO5S/c1-3-21(19,20)12-6-4-5-11(9-12)10-13(16)15(2)8-7-14(17)18/h4-6,9H,3,7-8,10H2,1-2H3,(H,17,18). The Balaban J connectivity index is 2.77. The van der Waals surface area contributed by atoms with Crippen molar-refractivity contribution in [2.24, 2.45) is 0 Å². The number of likely N-dealkylation sites (N-methyl/N-ethyl adjacent to an activating group) is 1. The number of benzene rings is 1. The summed E-state index contributed by atoms with van der Waals surface area (Å²) in [6.45, 7) is 1.69. The van der Waals surface area contributed by atoms with Crippen LogP contribution in [0, 0.1) is 0 Å². The topological polar surface area (TPSA) is 91.8 Å². The fraction of sp³-hybridized carbons (Fsp3) is 0.429. The van der Waals surface area contributed by atoms with Gasteiger partial charge in [0, 0.05) is 13.6 Å². The number of carbonyl (C=O) groups excluding carboxylic acids is 1. The zero-order chi connectivity index (χ0) is 16.0. The Morgan fingerprint density at radius 3 is 2.52 bits per heavy atom. The van der Waals surface area contributed by atoms with Crippen molar-refractivity contribution in [3.05, 3.63) is 29.8 Å². The van der Waals surface area contributed by atoms with Crippen molar-refractivity contribution in [2.75, 3.05) is 19.3 Å². The summed E-state index contributed by atoms with van der Waals surface area (Å²) in [5.41, 5.74) is 0.594. The normalized spacial score (nSPS) is 11.1. The third-order valence-corrected chi connectivity index (χ3v) is 4.81. The molecule has 21 heavy (non-hydrogen) atoms. The molecule has 0 fully saturated rings. The molecule has 0 heterocycles. The first-order chi connectivity index (χ1) is 9.76. The van der Waals surface area contributed by atoms with Gasteiger partial charge in [0.05, 0.1) is 23.5 Å². The molecule has 0 unspecified atom stereocenters. The van der Waals surface area contributed by atoms with E-state index in [0.717, 1.165) is 0 Å². The number of nitrogens with zero attached hydrogens (tertiary/aromatic N) is 1. The highest BCUT2D eigenvalue weighted by Gasteiger charge is 2.14. The van der Waals surface area contributed by atoms with Gasteiger partial charge in [-0.25, -0.2) is 8.42 Å². The fourth-order valence-corrected chi connectivity index (χ4v) is 2.66. The maximum atomic E-state index is 11.9. The minimum Gasteiger partial charge on any atom is -0.481 e. The Bertz CT molecular complexity index is 624. The second-order valence-electron chi connectivity index (χ2n) is 4.69. The molecule has 7 heteroatoms. The number of carbonyl (C=O) groups is 2. The van der Waals surface area contributed by atoms with Crippen molar-refractivity contribution in [2.45, 2.75) is 24.7 Å². The average molecular weight is 313 g/mol. The summed E-state index contributed by atoms with van der Waals surface area (Å²) in [6, 6.07) is 6.27. The summed E-state index contributed by atoms with van der Waals surface area (Å²) < 4.78 is 23.6. The van der Waals surface area contributed by atoms with Crippen LogP contribution in [0.2, 0.25) is 0 Å². The minimum absolute atomic E-state index is 0.00289. The zero-order valence-corrected chi connectivity index (χ0v) is 12.9. The number of amides is 1. The van der Waals surface area contributed by atoms with Crippen LogP contribution in [0.25, 0.3) is 0 Å². The molecule has 0 saturated heterocycles. The summed E-state index contributed by atoms with van der Waals surface area (Å²) >= 11 is 0. The van der Waals surface area contributed by atoms with Crippen LogP contribution in [0.3, 0.4) is 0 Å². The number of carboxylic acids is 1. The lowest BCUT2D eigenvalue weighted by atomic mass is 10.1. The van der Waals surface area contributed by atoms with E-state index in [1.165, 1.54) is 24.1 Å². The first-order valence-corrected chi connectivity index (χ1v) is 8.19. The summed E-state index contributed by atoms with van der Waals surface area (Å²) in [4.78, 5) is 23.9. The van der Waals surface area contributed by atoms with Gasteiger partial charge in [0.25, 0.3) is 0 Å². The minimum atomic E-state index is -3.30. The third kappa shape index (κ3) is 5.18. The average Bonchev–Trinajstić information content (AvgIpc) is 2.44. The van der Waals surface area contributed by atoms with Gasteiger partial charge in [-0.05, 0) is 17.7 Å². The molecule has 0 aliphatic heterocycles. The lowest BCUT2D eigenvalue weighted by molar-refractivity contribution is -0.138. The van der Waals surface area contributed by atoms with Crippen molar-refractivity contribution < 1.29 is 23.1 Å². The molecule has 116 valence electrons. The van der Waals surface area contributed by atoms with Gasteiger partial charge in [0.15, 0.2) is 9.84 Å². The molecule has 0 aromatic heterocycles. The van der Waals surface area contributed by atoms with Crippen LogP contribution in [-0.2, 0) is 25.8 Å². The van der Waals surface area contributed by atoms with Crippen LogP contribution in [-0.4, -0.2) is 49.6 Å². The molecule has 1 rings (SSSR count). The number of rotatable bonds is 7. The van der Waals surface area contributed by atoms with Crippen molar-refractivity contribution in [3.63, 3.8) is 0 Å². The second kappa shape index (κ2) is 7.21. The molecule has 1 amide bonds. The van der Waals surface area contributed by atoms with Crippen LogP contribution < -0.4 is 0 Å². The number of aliphatic carboxylic acids is 1. The number of hydrogen-bond donors (Lipinski definition) is 1. The van der Waals surface area contributed by atoms with E-state index in [-0.39, 0.29) is 35.9 Å². The van der Waals surface area contributed by atoms with E-state index in [9.17, 15) is 18.0 Å². The molecule has 6 nitrogen and oxygen atoms in total. The maximum absolute atomic E-state index is 11.9. The largest absolute Gasteiger partial charge is 0.481 e. The number of carboxylic acid groups (broad SMARTS) is 1. The van der Waals surface area contributed by atoms with Crippen molar-refractivity contribution >= 4 is 21.7 Å². The molecule has 1 N–H and O–H groups in total. The Labute approximate surface area is 124 Å². The van der Waals surface area contributed by atoms with Crippen LogP contribution >= 0.6 is 0 Å². The van der Waals surface area contributed by atoms with E-state index >= 15 is 0 Å². The van der Waals surface area contributed by atoms with E-state index in [4.69, 9.17) is 5.11 Å². The molecule has 0 radical (unpaired) electrons. The van der Waals surface area contributed by atoms with E-state index in [1.54, 1.807) is 19.1 Å². The first kappa shape index (κ1) is 17.2. The van der Waals surface area contributed by atoms with Crippen molar-refractivity contribution in [1.29, 1.82) is 0 Å². The number of sulfone groups is 1. The highest BCUT2D eigenvalue weighted by atomic mass is 32.2. The molecular weight excluding hydrogens is 294 g/mol. The summed E-state index contributed by atoms with van der Waals surface area (Å²) in [7, 11) is -1.78. The Hall–Kier alpha value is -1.89. The highest BCUT2D eigenvalue weighted by Crippen LogP contribution is 2.14. The smallest absolute Gasteiger partial charge is 0.305 e. The van der Waals surface area contributed by atoms with Gasteiger partial charge in [-0.2, -0.15) is 0 Å². The van der Waals surface area contributed by atoms with Gasteiger partial charge >= 0.3 is 5.97 Å². The molecule has 0 atom stereocenters. The van der Waals surface area contributed by atoms with Crippen LogP contribution in [0.1, 0.15) is 18.9 Å². The zero-order valence-electron chi connectivity index (χ0n) is 12.1. The van der Waals surface area contributed by atoms with Gasteiger partial charge in [-0.1, -0.05) is 19.1 Å². The summed E-state index contributed by atoms with van der Waals surface area (Å²) in [6.07, 6.45) is -0.0737. The van der Waals surface area contributed by atoms with Gasteiger partial charge in [0.2, 0.25) is 5.91 Å². The quantitative estimate of drug-likeness (QED) is 0.809. The number of hydrogen-bond acceptors (Lipinski definition) is 4. The second-order valence-corrected chi connectivity index (χ2v) is 6.96. The van der Waals surface area contributed by atoms with Crippen LogP contribution in [0.5, 0.6) is 0 Å². The fourth-order valence-electron chi connectivity index (χ4n) is 1.71. The molecule has 1 aromatic carbocycles. The molecular formula is C14H19NO5S. The molecule has 0 spiro atoms. The first-order valence-electron chi connectivity index (χ1n) is 6.53. The van der Waals surface area contributed by atoms with Crippen molar-refractivity contribution in [3.8, 4) is 0 Å². The van der Waals surface area contributed by atoms with E-state index in [0.29, 0.717) is 5.56 Å². The van der Waals surface area contributed by atoms with Gasteiger partial charge in [-0.15, -0.1) is 0 Å². The van der Waals surface area contributed by atoms with Crippen molar-refractivity contribution in [1.82, 2.24) is 4.90 Å². The molecule has 0 bridgehead atoms. The van der Waals surface area contributed by atoms with E-state index in [1.807, 2.05) is 0 Å². The molecule has 0 saturated carbocycles. The van der Waals surface area contributed by atoms with E-state index < -0.39 is 15.8 Å². The summed E-state index contributed by atoms with van der Waals surface area (Å²) in [5.74, 6) is -1.21. The Morgan fingerprint density at radius 1 is 1.29 bits per heavy atom. The predicted octanol–water partition coefficient (Wildman–Crippen LogP) is 0.956.